The molecule has 2 rings (SSSR count). The molecular weight excluding hydrogens is 261 g/mol. The van der Waals surface area contributed by atoms with Gasteiger partial charge in [0.2, 0.25) is 0 Å². The molecule has 0 aromatic heterocycles. The molecule has 0 saturated carbocycles. The van der Waals surface area contributed by atoms with Gasteiger partial charge in [-0.1, -0.05) is 6.92 Å². The van der Waals surface area contributed by atoms with E-state index in [1.54, 1.807) is 6.07 Å². The molecule has 0 spiro atoms. The summed E-state index contributed by atoms with van der Waals surface area (Å²) in [6.07, 6.45) is 0.998. The standard InChI is InChI=1S/C11H13BrFNO/c1-3-9-11(14-2)6-4-7(12)8(13)5-10(6)15-9/h4-5,9,11,14H,3H2,1-2H3. The van der Waals surface area contributed by atoms with E-state index in [-0.39, 0.29) is 18.0 Å². The van der Waals surface area contributed by atoms with Gasteiger partial charge in [-0.2, -0.15) is 0 Å². The molecule has 0 amide bonds. The van der Waals surface area contributed by atoms with E-state index in [1.807, 2.05) is 7.05 Å². The van der Waals surface area contributed by atoms with Crippen LogP contribution in [0.15, 0.2) is 16.6 Å². The van der Waals surface area contributed by atoms with Crippen LogP contribution in [0.4, 0.5) is 4.39 Å². The van der Waals surface area contributed by atoms with Gasteiger partial charge in [-0.3, -0.25) is 0 Å². The molecule has 0 radical (unpaired) electrons. The van der Waals surface area contributed by atoms with Crippen LogP contribution in [0.1, 0.15) is 24.9 Å². The molecule has 2 unspecified atom stereocenters. The van der Waals surface area contributed by atoms with Crippen LogP contribution in [-0.4, -0.2) is 13.2 Å². The van der Waals surface area contributed by atoms with Gasteiger partial charge in [-0.25, -0.2) is 4.39 Å². The van der Waals surface area contributed by atoms with Crippen molar-refractivity contribution in [3.63, 3.8) is 0 Å². The van der Waals surface area contributed by atoms with Gasteiger partial charge in [-0.05, 0) is 35.5 Å². The zero-order chi connectivity index (χ0) is 11.0. The Morgan fingerprint density at radius 1 is 1.53 bits per heavy atom. The molecule has 1 aliphatic rings. The fraction of sp³-hybridized carbons (Fsp3) is 0.455. The number of likely N-dealkylation sites (N-methyl/N-ethyl adjacent to an activating group) is 1. The topological polar surface area (TPSA) is 21.3 Å². The van der Waals surface area contributed by atoms with Crippen LogP contribution in [0.25, 0.3) is 0 Å². The second-order valence-electron chi connectivity index (χ2n) is 3.64. The lowest BCUT2D eigenvalue weighted by Gasteiger charge is -2.16. The van der Waals surface area contributed by atoms with Crippen LogP contribution < -0.4 is 10.1 Å². The Hall–Kier alpha value is -0.610. The highest BCUT2D eigenvalue weighted by Gasteiger charge is 2.32. The Kier molecular flexibility index (Phi) is 2.98. The monoisotopic (exact) mass is 273 g/mol. The third-order valence-electron chi connectivity index (χ3n) is 2.75. The van der Waals surface area contributed by atoms with Crippen molar-refractivity contribution in [3.05, 3.63) is 28.0 Å². The fourth-order valence-electron chi connectivity index (χ4n) is 1.98. The summed E-state index contributed by atoms with van der Waals surface area (Å²) in [6.45, 7) is 2.06. The summed E-state index contributed by atoms with van der Waals surface area (Å²) in [5.41, 5.74) is 1.03. The first-order chi connectivity index (χ1) is 7.17. The largest absolute Gasteiger partial charge is 0.488 e. The molecule has 82 valence electrons. The number of halogens is 2. The van der Waals surface area contributed by atoms with Crippen LogP contribution in [0.2, 0.25) is 0 Å². The van der Waals surface area contributed by atoms with Gasteiger partial charge in [0.25, 0.3) is 0 Å². The van der Waals surface area contributed by atoms with Crippen LogP contribution in [0.3, 0.4) is 0 Å². The lowest BCUT2D eigenvalue weighted by Crippen LogP contribution is -2.27. The first kappa shape index (κ1) is 10.9. The van der Waals surface area contributed by atoms with Gasteiger partial charge < -0.3 is 10.1 Å². The predicted molar refractivity (Wildman–Crippen MR) is 60.6 cm³/mol. The third-order valence-corrected chi connectivity index (χ3v) is 3.36. The highest BCUT2D eigenvalue weighted by Crippen LogP contribution is 2.40. The summed E-state index contributed by atoms with van der Waals surface area (Å²) in [5, 5.41) is 3.20. The highest BCUT2D eigenvalue weighted by atomic mass is 79.9. The number of benzene rings is 1. The molecule has 0 aliphatic carbocycles. The van der Waals surface area contributed by atoms with E-state index in [9.17, 15) is 4.39 Å². The molecule has 0 saturated heterocycles. The summed E-state index contributed by atoms with van der Waals surface area (Å²) in [7, 11) is 1.89. The normalized spacial score (nSPS) is 23.7. The average Bonchev–Trinajstić information content (AvgIpc) is 2.56. The number of ether oxygens (including phenoxy) is 1. The average molecular weight is 274 g/mol. The van der Waals surface area contributed by atoms with Gasteiger partial charge in [0.15, 0.2) is 0 Å². The Bertz CT molecular complexity index is 383. The number of nitrogens with one attached hydrogen (secondary N) is 1. The minimum absolute atomic E-state index is 0.0960. The smallest absolute Gasteiger partial charge is 0.141 e. The minimum atomic E-state index is -0.277. The van der Waals surface area contributed by atoms with Crippen molar-refractivity contribution in [2.24, 2.45) is 0 Å². The van der Waals surface area contributed by atoms with Crippen molar-refractivity contribution in [3.8, 4) is 5.75 Å². The van der Waals surface area contributed by atoms with Gasteiger partial charge in [-0.15, -0.1) is 0 Å². The van der Waals surface area contributed by atoms with E-state index < -0.39 is 0 Å². The Morgan fingerprint density at radius 3 is 2.87 bits per heavy atom. The van der Waals surface area contributed by atoms with Crippen molar-refractivity contribution in [1.82, 2.24) is 5.32 Å². The summed E-state index contributed by atoms with van der Waals surface area (Å²) in [4.78, 5) is 0. The van der Waals surface area contributed by atoms with Crippen molar-refractivity contribution < 1.29 is 9.13 Å². The molecule has 1 N–H and O–H groups in total. The molecular formula is C11H13BrFNO. The van der Waals surface area contributed by atoms with Crippen LogP contribution in [0, 0.1) is 5.82 Å². The van der Waals surface area contributed by atoms with Crippen molar-refractivity contribution in [2.75, 3.05) is 7.05 Å². The van der Waals surface area contributed by atoms with E-state index in [0.717, 1.165) is 12.0 Å². The molecule has 1 heterocycles. The lowest BCUT2D eigenvalue weighted by molar-refractivity contribution is 0.189. The molecule has 15 heavy (non-hydrogen) atoms. The Balaban J connectivity index is 2.44. The van der Waals surface area contributed by atoms with E-state index in [1.165, 1.54) is 6.07 Å². The Labute approximate surface area is 96.9 Å². The number of fused-ring (bicyclic) bond motifs is 1. The first-order valence-corrected chi connectivity index (χ1v) is 5.79. The lowest BCUT2D eigenvalue weighted by atomic mass is 10.0. The zero-order valence-corrected chi connectivity index (χ0v) is 10.3. The van der Waals surface area contributed by atoms with E-state index in [0.29, 0.717) is 10.2 Å². The minimum Gasteiger partial charge on any atom is -0.488 e. The van der Waals surface area contributed by atoms with Crippen molar-refractivity contribution >= 4 is 15.9 Å². The van der Waals surface area contributed by atoms with Crippen molar-refractivity contribution in [2.45, 2.75) is 25.5 Å². The summed E-state index contributed by atoms with van der Waals surface area (Å²) in [6, 6.07) is 3.39. The molecule has 0 fully saturated rings. The van der Waals surface area contributed by atoms with E-state index in [4.69, 9.17) is 4.74 Å². The van der Waals surface area contributed by atoms with E-state index >= 15 is 0 Å². The molecule has 2 nitrogen and oxygen atoms in total. The SMILES string of the molecule is CCC1Oc2cc(F)c(Br)cc2C1NC. The van der Waals surface area contributed by atoms with Crippen molar-refractivity contribution in [1.29, 1.82) is 0 Å². The number of hydrogen-bond acceptors (Lipinski definition) is 2. The molecule has 1 aliphatic heterocycles. The third kappa shape index (κ3) is 1.76. The van der Waals surface area contributed by atoms with Crippen LogP contribution in [0.5, 0.6) is 5.75 Å². The van der Waals surface area contributed by atoms with Gasteiger partial charge >= 0.3 is 0 Å². The maximum Gasteiger partial charge on any atom is 0.141 e. The van der Waals surface area contributed by atoms with E-state index in [2.05, 4.69) is 28.2 Å². The zero-order valence-electron chi connectivity index (χ0n) is 8.68. The van der Waals surface area contributed by atoms with Gasteiger partial charge in [0.1, 0.15) is 17.7 Å². The molecule has 1 aromatic carbocycles. The molecule has 1 aromatic rings. The quantitative estimate of drug-likeness (QED) is 0.895. The second kappa shape index (κ2) is 4.10. The maximum absolute atomic E-state index is 13.3. The predicted octanol–water partition coefficient (Wildman–Crippen LogP) is 3.02. The number of rotatable bonds is 2. The Morgan fingerprint density at radius 2 is 2.27 bits per heavy atom. The van der Waals surface area contributed by atoms with Gasteiger partial charge in [0.05, 0.1) is 10.5 Å². The summed E-state index contributed by atoms with van der Waals surface area (Å²) >= 11 is 3.19. The summed E-state index contributed by atoms with van der Waals surface area (Å²) < 4.78 is 19.4. The maximum atomic E-state index is 13.3. The molecule has 2 atom stereocenters. The summed E-state index contributed by atoms with van der Waals surface area (Å²) in [5.74, 6) is 0.377. The number of hydrogen-bond donors (Lipinski definition) is 1. The second-order valence-corrected chi connectivity index (χ2v) is 4.49. The molecule has 0 bridgehead atoms. The van der Waals surface area contributed by atoms with Crippen LogP contribution >= 0.6 is 15.9 Å². The first-order valence-electron chi connectivity index (χ1n) is 5.00. The van der Waals surface area contributed by atoms with Crippen LogP contribution in [-0.2, 0) is 0 Å². The molecule has 4 heteroatoms. The fourth-order valence-corrected chi connectivity index (χ4v) is 2.34. The highest BCUT2D eigenvalue weighted by molar-refractivity contribution is 9.10. The van der Waals surface area contributed by atoms with Gasteiger partial charge in [0, 0.05) is 11.6 Å².